The number of hydrogen-bond acceptors (Lipinski definition) is 5. The largest absolute Gasteiger partial charge is 0.378 e. The molecule has 0 amide bonds. The van der Waals surface area contributed by atoms with E-state index in [-0.39, 0.29) is 6.04 Å². The minimum absolute atomic E-state index is 0.0769. The number of nitrogens with zero attached hydrogens (tertiary/aromatic N) is 3. The van der Waals surface area contributed by atoms with Crippen LogP contribution >= 0.6 is 0 Å². The molecule has 100 valence electrons. The van der Waals surface area contributed by atoms with Crippen LogP contribution in [0, 0.1) is 6.92 Å². The van der Waals surface area contributed by atoms with Crippen LogP contribution in [0.2, 0.25) is 0 Å². The molecule has 3 rings (SSSR count). The van der Waals surface area contributed by atoms with Crippen LogP contribution in [0.3, 0.4) is 0 Å². The molecule has 1 aromatic carbocycles. The second kappa shape index (κ2) is 5.50. The Kier molecular flexibility index (Phi) is 3.57. The van der Waals surface area contributed by atoms with Crippen molar-refractivity contribution in [1.29, 1.82) is 0 Å². The van der Waals surface area contributed by atoms with Crippen LogP contribution in [-0.4, -0.2) is 34.8 Å². The molecule has 0 radical (unpaired) electrons. The summed E-state index contributed by atoms with van der Waals surface area (Å²) in [5.74, 6) is 0.701. The molecular weight excluding hydrogens is 242 g/mol. The van der Waals surface area contributed by atoms with Gasteiger partial charge in [-0.3, -0.25) is 4.90 Å². The third-order valence-corrected chi connectivity index (χ3v) is 3.38. The molecule has 2 aromatic rings. The molecule has 1 aliphatic rings. The van der Waals surface area contributed by atoms with Gasteiger partial charge in [0.15, 0.2) is 5.82 Å². The third-order valence-electron chi connectivity index (χ3n) is 3.38. The highest BCUT2D eigenvalue weighted by atomic mass is 16.5. The molecule has 1 saturated heterocycles. The molecule has 0 aliphatic carbocycles. The first-order chi connectivity index (χ1) is 9.33. The van der Waals surface area contributed by atoms with Crippen molar-refractivity contribution in [1.82, 2.24) is 15.0 Å². The normalized spacial score (nSPS) is 20.6. The lowest BCUT2D eigenvalue weighted by Gasteiger charge is -2.33. The zero-order valence-electron chi connectivity index (χ0n) is 11.0. The SMILES string of the molecule is Cc1cccc(CN2CCOC[C@H]2c2ncon2)c1. The van der Waals surface area contributed by atoms with Crippen molar-refractivity contribution < 1.29 is 9.26 Å². The fourth-order valence-corrected chi connectivity index (χ4v) is 2.44. The minimum atomic E-state index is 0.0769. The van der Waals surface area contributed by atoms with Gasteiger partial charge >= 0.3 is 0 Å². The number of ether oxygens (including phenoxy) is 1. The highest BCUT2D eigenvalue weighted by molar-refractivity contribution is 5.22. The van der Waals surface area contributed by atoms with Crippen LogP contribution in [-0.2, 0) is 11.3 Å². The molecule has 1 aliphatic heterocycles. The average molecular weight is 259 g/mol. The van der Waals surface area contributed by atoms with Gasteiger partial charge in [-0.05, 0) is 12.5 Å². The van der Waals surface area contributed by atoms with Crippen LogP contribution in [0.1, 0.15) is 23.0 Å². The van der Waals surface area contributed by atoms with Gasteiger partial charge in [0.05, 0.1) is 19.3 Å². The van der Waals surface area contributed by atoms with Gasteiger partial charge < -0.3 is 9.26 Å². The van der Waals surface area contributed by atoms with Gasteiger partial charge in [0.2, 0.25) is 6.39 Å². The molecular formula is C14H17N3O2. The highest BCUT2D eigenvalue weighted by Crippen LogP contribution is 2.23. The van der Waals surface area contributed by atoms with Gasteiger partial charge in [-0.2, -0.15) is 4.98 Å². The van der Waals surface area contributed by atoms with Crippen LogP contribution in [0.15, 0.2) is 35.2 Å². The van der Waals surface area contributed by atoms with E-state index in [2.05, 4.69) is 46.2 Å². The predicted molar refractivity (Wildman–Crippen MR) is 69.4 cm³/mol. The van der Waals surface area contributed by atoms with Gasteiger partial charge in [0.25, 0.3) is 0 Å². The summed E-state index contributed by atoms with van der Waals surface area (Å²) >= 11 is 0. The van der Waals surface area contributed by atoms with Crippen molar-refractivity contribution in [3.63, 3.8) is 0 Å². The van der Waals surface area contributed by atoms with Crippen molar-refractivity contribution in [3.05, 3.63) is 47.6 Å². The van der Waals surface area contributed by atoms with Gasteiger partial charge in [-0.25, -0.2) is 0 Å². The molecule has 0 spiro atoms. The summed E-state index contributed by atoms with van der Waals surface area (Å²) in [5, 5.41) is 3.94. The Morgan fingerprint density at radius 2 is 2.37 bits per heavy atom. The smallest absolute Gasteiger partial charge is 0.213 e. The van der Waals surface area contributed by atoms with Crippen molar-refractivity contribution in [2.75, 3.05) is 19.8 Å². The first-order valence-electron chi connectivity index (χ1n) is 6.46. The number of hydrogen-bond donors (Lipinski definition) is 0. The Morgan fingerprint density at radius 1 is 1.42 bits per heavy atom. The zero-order valence-corrected chi connectivity index (χ0v) is 11.0. The summed E-state index contributed by atoms with van der Waals surface area (Å²) in [6, 6.07) is 8.64. The molecule has 0 bridgehead atoms. The maximum atomic E-state index is 5.53. The first kappa shape index (κ1) is 12.3. The van der Waals surface area contributed by atoms with E-state index >= 15 is 0 Å². The standard InChI is InChI=1S/C14H17N3O2/c1-11-3-2-4-12(7-11)8-17-5-6-18-9-13(17)14-15-10-19-16-14/h2-4,7,10,13H,5-6,8-9H2,1H3/t13-/m0/s1. The average Bonchev–Trinajstić information content (AvgIpc) is 2.93. The molecule has 0 saturated carbocycles. The van der Waals surface area contributed by atoms with Crippen LogP contribution in [0.4, 0.5) is 0 Å². The number of aromatic nitrogens is 2. The number of aryl methyl sites for hydroxylation is 1. The molecule has 1 fully saturated rings. The molecule has 1 atom stereocenters. The number of morpholine rings is 1. The Hall–Kier alpha value is -1.72. The molecule has 19 heavy (non-hydrogen) atoms. The van der Waals surface area contributed by atoms with Crippen LogP contribution in [0.25, 0.3) is 0 Å². The fraction of sp³-hybridized carbons (Fsp3) is 0.429. The van der Waals surface area contributed by atoms with E-state index in [1.807, 2.05) is 0 Å². The predicted octanol–water partition coefficient (Wildman–Crippen LogP) is 1.95. The molecule has 5 heteroatoms. The first-order valence-corrected chi connectivity index (χ1v) is 6.46. The maximum absolute atomic E-state index is 5.53. The quantitative estimate of drug-likeness (QED) is 0.843. The van der Waals surface area contributed by atoms with Gasteiger partial charge in [0.1, 0.15) is 0 Å². The zero-order chi connectivity index (χ0) is 13.1. The Bertz CT molecular complexity index is 527. The highest BCUT2D eigenvalue weighted by Gasteiger charge is 2.27. The van der Waals surface area contributed by atoms with Crippen molar-refractivity contribution in [2.45, 2.75) is 19.5 Å². The van der Waals surface area contributed by atoms with Crippen molar-refractivity contribution in [3.8, 4) is 0 Å². The monoisotopic (exact) mass is 259 g/mol. The number of benzene rings is 1. The summed E-state index contributed by atoms with van der Waals surface area (Å²) in [7, 11) is 0. The molecule has 2 heterocycles. The van der Waals surface area contributed by atoms with Crippen LogP contribution in [0.5, 0.6) is 0 Å². The van der Waals surface area contributed by atoms with E-state index in [1.165, 1.54) is 17.5 Å². The summed E-state index contributed by atoms with van der Waals surface area (Å²) in [4.78, 5) is 6.49. The topological polar surface area (TPSA) is 51.4 Å². The molecule has 0 N–H and O–H groups in total. The second-order valence-electron chi connectivity index (χ2n) is 4.84. The summed E-state index contributed by atoms with van der Waals surface area (Å²) in [6.07, 6.45) is 1.37. The third kappa shape index (κ3) is 2.83. The lowest BCUT2D eigenvalue weighted by atomic mass is 10.1. The van der Waals surface area contributed by atoms with E-state index in [0.29, 0.717) is 12.4 Å². The Balaban J connectivity index is 1.77. The van der Waals surface area contributed by atoms with Gasteiger partial charge in [-0.15, -0.1) is 0 Å². The van der Waals surface area contributed by atoms with Crippen LogP contribution < -0.4 is 0 Å². The lowest BCUT2D eigenvalue weighted by Crippen LogP contribution is -2.39. The summed E-state index contributed by atoms with van der Waals surface area (Å²) < 4.78 is 10.4. The molecule has 1 aromatic heterocycles. The van der Waals surface area contributed by atoms with E-state index in [9.17, 15) is 0 Å². The van der Waals surface area contributed by atoms with E-state index < -0.39 is 0 Å². The lowest BCUT2D eigenvalue weighted by molar-refractivity contribution is -0.0166. The minimum Gasteiger partial charge on any atom is -0.378 e. The number of rotatable bonds is 3. The van der Waals surface area contributed by atoms with Gasteiger partial charge in [0, 0.05) is 13.1 Å². The van der Waals surface area contributed by atoms with E-state index in [0.717, 1.165) is 19.7 Å². The van der Waals surface area contributed by atoms with Crippen molar-refractivity contribution >= 4 is 0 Å². The molecule has 0 unspecified atom stereocenters. The summed E-state index contributed by atoms with van der Waals surface area (Å²) in [6.45, 7) is 5.24. The van der Waals surface area contributed by atoms with E-state index in [1.54, 1.807) is 0 Å². The fourth-order valence-electron chi connectivity index (χ4n) is 2.44. The molecule has 5 nitrogen and oxygen atoms in total. The Labute approximate surface area is 112 Å². The summed E-state index contributed by atoms with van der Waals surface area (Å²) in [5.41, 5.74) is 2.58. The maximum Gasteiger partial charge on any atom is 0.213 e. The van der Waals surface area contributed by atoms with Crippen molar-refractivity contribution in [2.24, 2.45) is 0 Å². The van der Waals surface area contributed by atoms with Gasteiger partial charge in [-0.1, -0.05) is 35.0 Å². The second-order valence-corrected chi connectivity index (χ2v) is 4.84. The Morgan fingerprint density at radius 3 is 3.16 bits per heavy atom. The van der Waals surface area contributed by atoms with E-state index in [4.69, 9.17) is 9.26 Å².